The zero-order chi connectivity index (χ0) is 15.8. The van der Waals surface area contributed by atoms with Crippen LogP contribution in [0.5, 0.6) is 5.75 Å². The molecule has 1 aromatic rings. The number of carbonyl (C=O) groups excluding carboxylic acids is 1. The summed E-state index contributed by atoms with van der Waals surface area (Å²) in [5, 5.41) is 3.16. The summed E-state index contributed by atoms with van der Waals surface area (Å²) < 4.78 is 5.70. The van der Waals surface area contributed by atoms with E-state index in [0.717, 1.165) is 36.4 Å². The first-order valence-electron chi connectivity index (χ1n) is 8.98. The topological polar surface area (TPSA) is 41.6 Å². The van der Waals surface area contributed by atoms with Crippen molar-refractivity contribution in [1.82, 2.24) is 5.32 Å². The van der Waals surface area contributed by atoms with Crippen molar-refractivity contribution in [3.8, 4) is 5.75 Å². The predicted molar refractivity (Wildman–Crippen MR) is 91.1 cm³/mol. The van der Waals surface area contributed by atoms with Crippen LogP contribution in [0.4, 0.5) is 5.69 Å². The highest BCUT2D eigenvalue weighted by Crippen LogP contribution is 2.47. The van der Waals surface area contributed by atoms with Crippen LogP contribution in [0.25, 0.3) is 0 Å². The van der Waals surface area contributed by atoms with Crippen molar-refractivity contribution in [1.29, 1.82) is 0 Å². The molecule has 1 heterocycles. The van der Waals surface area contributed by atoms with Gasteiger partial charge < -0.3 is 15.0 Å². The van der Waals surface area contributed by atoms with Gasteiger partial charge in [0.05, 0.1) is 12.2 Å². The minimum Gasteiger partial charge on any atom is -0.490 e. The van der Waals surface area contributed by atoms with Gasteiger partial charge >= 0.3 is 0 Å². The largest absolute Gasteiger partial charge is 0.490 e. The predicted octanol–water partition coefficient (Wildman–Crippen LogP) is 3.07. The van der Waals surface area contributed by atoms with Crippen molar-refractivity contribution in [3.05, 3.63) is 23.8 Å². The first kappa shape index (κ1) is 14.9. The lowest BCUT2D eigenvalue weighted by molar-refractivity contribution is 0.0942. The summed E-state index contributed by atoms with van der Waals surface area (Å²) in [4.78, 5) is 14.6. The summed E-state index contributed by atoms with van der Waals surface area (Å²) in [5.41, 5.74) is 1.78. The Morgan fingerprint density at radius 2 is 2.22 bits per heavy atom. The third-order valence-electron chi connectivity index (χ3n) is 6.07. The van der Waals surface area contributed by atoms with Gasteiger partial charge in [0.1, 0.15) is 12.4 Å². The molecule has 2 aliphatic carbocycles. The summed E-state index contributed by atoms with van der Waals surface area (Å²) in [6.45, 7) is 2.40. The molecule has 2 fully saturated rings. The van der Waals surface area contributed by atoms with Gasteiger partial charge in [-0.25, -0.2) is 0 Å². The second kappa shape index (κ2) is 6.06. The van der Waals surface area contributed by atoms with Crippen LogP contribution < -0.4 is 15.0 Å². The molecule has 0 unspecified atom stereocenters. The number of amides is 1. The average molecular weight is 314 g/mol. The Bertz CT molecular complexity index is 601. The van der Waals surface area contributed by atoms with Crippen molar-refractivity contribution in [2.24, 2.45) is 17.8 Å². The van der Waals surface area contributed by atoms with Crippen molar-refractivity contribution in [2.45, 2.75) is 32.1 Å². The van der Waals surface area contributed by atoms with E-state index in [0.29, 0.717) is 18.1 Å². The Kier molecular flexibility index (Phi) is 3.92. The van der Waals surface area contributed by atoms with Crippen molar-refractivity contribution in [3.63, 3.8) is 0 Å². The van der Waals surface area contributed by atoms with Crippen molar-refractivity contribution < 1.29 is 9.53 Å². The van der Waals surface area contributed by atoms with E-state index >= 15 is 0 Å². The SMILES string of the molecule is CN1CCOc2cc(C(=O)NC[C@H]3CC[C@@H]4CCC[C@@H]43)ccc21. The number of nitrogens with zero attached hydrogens (tertiary/aromatic N) is 1. The fourth-order valence-electron chi connectivity index (χ4n) is 4.77. The molecule has 3 atom stereocenters. The normalized spacial score (nSPS) is 28.9. The highest BCUT2D eigenvalue weighted by Gasteiger charge is 2.38. The molecule has 0 bridgehead atoms. The number of likely N-dealkylation sites (N-methyl/N-ethyl adjacent to an activating group) is 1. The van der Waals surface area contributed by atoms with Crippen LogP contribution in [0.2, 0.25) is 0 Å². The van der Waals surface area contributed by atoms with E-state index < -0.39 is 0 Å². The van der Waals surface area contributed by atoms with E-state index in [1.165, 1.54) is 32.1 Å². The second-order valence-corrected chi connectivity index (χ2v) is 7.35. The fourth-order valence-corrected chi connectivity index (χ4v) is 4.77. The maximum absolute atomic E-state index is 12.5. The van der Waals surface area contributed by atoms with Gasteiger partial charge in [0, 0.05) is 19.2 Å². The van der Waals surface area contributed by atoms with E-state index in [-0.39, 0.29) is 5.91 Å². The Hall–Kier alpha value is -1.71. The molecule has 2 saturated carbocycles. The van der Waals surface area contributed by atoms with Crippen LogP contribution >= 0.6 is 0 Å². The van der Waals surface area contributed by atoms with Gasteiger partial charge in [-0.2, -0.15) is 0 Å². The van der Waals surface area contributed by atoms with Crippen LogP contribution in [0.1, 0.15) is 42.5 Å². The van der Waals surface area contributed by atoms with Gasteiger partial charge in [0.2, 0.25) is 0 Å². The maximum Gasteiger partial charge on any atom is 0.251 e. The van der Waals surface area contributed by atoms with E-state index in [1.54, 1.807) is 0 Å². The number of benzene rings is 1. The minimum absolute atomic E-state index is 0.0334. The lowest BCUT2D eigenvalue weighted by Crippen LogP contribution is -2.32. The molecule has 0 saturated heterocycles. The van der Waals surface area contributed by atoms with E-state index in [9.17, 15) is 4.79 Å². The highest BCUT2D eigenvalue weighted by atomic mass is 16.5. The molecule has 23 heavy (non-hydrogen) atoms. The number of rotatable bonds is 3. The number of hydrogen-bond donors (Lipinski definition) is 1. The first-order valence-corrected chi connectivity index (χ1v) is 8.98. The molecule has 1 aromatic carbocycles. The van der Waals surface area contributed by atoms with Gasteiger partial charge in [0.15, 0.2) is 0 Å². The van der Waals surface area contributed by atoms with Crippen LogP contribution in [0, 0.1) is 17.8 Å². The molecule has 124 valence electrons. The number of nitrogens with one attached hydrogen (secondary N) is 1. The van der Waals surface area contributed by atoms with E-state index in [2.05, 4.69) is 17.3 Å². The van der Waals surface area contributed by atoms with Crippen LogP contribution in [0.3, 0.4) is 0 Å². The van der Waals surface area contributed by atoms with Gasteiger partial charge in [-0.15, -0.1) is 0 Å². The van der Waals surface area contributed by atoms with Crippen molar-refractivity contribution in [2.75, 3.05) is 31.6 Å². The number of carbonyl (C=O) groups is 1. The zero-order valence-electron chi connectivity index (χ0n) is 13.9. The third-order valence-corrected chi connectivity index (χ3v) is 6.07. The summed E-state index contributed by atoms with van der Waals surface area (Å²) in [6.07, 6.45) is 6.81. The van der Waals surface area contributed by atoms with Crippen LogP contribution in [0.15, 0.2) is 18.2 Å². The minimum atomic E-state index is 0.0334. The number of hydrogen-bond acceptors (Lipinski definition) is 3. The molecule has 1 amide bonds. The zero-order valence-corrected chi connectivity index (χ0v) is 13.9. The van der Waals surface area contributed by atoms with E-state index in [1.807, 2.05) is 18.2 Å². The lowest BCUT2D eigenvalue weighted by Gasteiger charge is -2.28. The molecule has 0 aromatic heterocycles. The van der Waals surface area contributed by atoms with Gasteiger partial charge in [-0.05, 0) is 55.2 Å². The molecule has 0 spiro atoms. The third kappa shape index (κ3) is 2.79. The average Bonchev–Trinajstić information content (AvgIpc) is 3.16. The van der Waals surface area contributed by atoms with Crippen LogP contribution in [-0.4, -0.2) is 32.7 Å². The molecular weight excluding hydrogens is 288 g/mol. The molecule has 3 aliphatic rings. The quantitative estimate of drug-likeness (QED) is 0.932. The van der Waals surface area contributed by atoms with Gasteiger partial charge in [-0.3, -0.25) is 4.79 Å². The maximum atomic E-state index is 12.5. The Morgan fingerprint density at radius 3 is 3.13 bits per heavy atom. The van der Waals surface area contributed by atoms with Gasteiger partial charge in [0.25, 0.3) is 5.91 Å². The Morgan fingerprint density at radius 1 is 1.30 bits per heavy atom. The summed E-state index contributed by atoms with van der Waals surface area (Å²) in [7, 11) is 2.05. The molecule has 1 N–H and O–H groups in total. The number of anilines is 1. The Balaban J connectivity index is 1.39. The number of ether oxygens (including phenoxy) is 1. The molecule has 1 aliphatic heterocycles. The summed E-state index contributed by atoms with van der Waals surface area (Å²) in [5.74, 6) is 3.33. The fraction of sp³-hybridized carbons (Fsp3) is 0.632. The highest BCUT2D eigenvalue weighted by molar-refractivity contribution is 5.95. The smallest absolute Gasteiger partial charge is 0.251 e. The Labute approximate surface area is 138 Å². The lowest BCUT2D eigenvalue weighted by atomic mass is 9.92. The summed E-state index contributed by atoms with van der Waals surface area (Å²) in [6, 6.07) is 5.78. The molecule has 4 rings (SSSR count). The van der Waals surface area contributed by atoms with E-state index in [4.69, 9.17) is 4.74 Å². The second-order valence-electron chi connectivity index (χ2n) is 7.35. The monoisotopic (exact) mass is 314 g/mol. The molecule has 0 radical (unpaired) electrons. The molecule has 4 nitrogen and oxygen atoms in total. The van der Waals surface area contributed by atoms with Gasteiger partial charge in [-0.1, -0.05) is 12.8 Å². The molecular formula is C19H26N2O2. The first-order chi connectivity index (χ1) is 11.2. The number of fused-ring (bicyclic) bond motifs is 2. The standard InChI is InChI=1S/C19H26N2O2/c1-21-9-10-23-18-11-14(7-8-17(18)21)19(22)20-12-15-6-5-13-3-2-4-16(13)15/h7-8,11,13,15-16H,2-6,9-10,12H2,1H3,(H,20,22)/t13-,15+,16-/m0/s1. The van der Waals surface area contributed by atoms with Crippen LogP contribution in [-0.2, 0) is 0 Å². The molecule has 4 heteroatoms. The summed E-state index contributed by atoms with van der Waals surface area (Å²) >= 11 is 0. The van der Waals surface area contributed by atoms with Crippen molar-refractivity contribution >= 4 is 11.6 Å².